The molecule has 2 aromatic rings. The molecule has 29 heavy (non-hydrogen) atoms. The molecule has 1 saturated heterocycles. The molecular weight excluding hydrogens is 373 g/mol. The number of halogens is 1. The minimum Gasteiger partial charge on any atom is -0.492 e. The van der Waals surface area contributed by atoms with Gasteiger partial charge in [-0.1, -0.05) is 24.3 Å². The Bertz CT molecular complexity index is 866. The van der Waals surface area contributed by atoms with E-state index in [1.54, 1.807) is 23.1 Å². The van der Waals surface area contributed by atoms with Gasteiger partial charge in [-0.15, -0.1) is 0 Å². The number of carbonyl (C=O) groups excluding carboxylic acids is 2. The largest absolute Gasteiger partial charge is 0.492 e. The van der Waals surface area contributed by atoms with Gasteiger partial charge in [0.05, 0.1) is 23.9 Å². The molecular formula is C22H26FN3O3. The number of ether oxygens (including phenoxy) is 1. The Balaban J connectivity index is 1.57. The van der Waals surface area contributed by atoms with Crippen LogP contribution >= 0.6 is 0 Å². The lowest BCUT2D eigenvalue weighted by Crippen LogP contribution is -2.54. The quantitative estimate of drug-likeness (QED) is 0.811. The number of anilines is 1. The van der Waals surface area contributed by atoms with E-state index in [4.69, 9.17) is 4.74 Å². The van der Waals surface area contributed by atoms with E-state index in [1.807, 2.05) is 36.9 Å². The molecule has 1 N–H and O–H groups in total. The zero-order valence-electron chi connectivity index (χ0n) is 16.7. The number of piperazine rings is 1. The summed E-state index contributed by atoms with van der Waals surface area (Å²) in [4.78, 5) is 28.9. The average Bonchev–Trinajstić information content (AvgIpc) is 2.75. The van der Waals surface area contributed by atoms with Crippen molar-refractivity contribution in [2.24, 2.45) is 0 Å². The molecule has 1 aliphatic heterocycles. The van der Waals surface area contributed by atoms with Crippen molar-refractivity contribution >= 4 is 17.5 Å². The highest BCUT2D eigenvalue weighted by molar-refractivity contribution is 5.96. The van der Waals surface area contributed by atoms with E-state index in [-0.39, 0.29) is 23.4 Å². The molecule has 0 aliphatic carbocycles. The van der Waals surface area contributed by atoms with Gasteiger partial charge in [0.2, 0.25) is 5.91 Å². The molecule has 1 unspecified atom stereocenters. The van der Waals surface area contributed by atoms with Gasteiger partial charge in [-0.3, -0.25) is 14.5 Å². The Labute approximate surface area is 170 Å². The third kappa shape index (κ3) is 4.92. The van der Waals surface area contributed by atoms with E-state index in [1.165, 1.54) is 12.1 Å². The van der Waals surface area contributed by atoms with Crippen LogP contribution in [-0.4, -0.2) is 60.4 Å². The second-order valence-electron chi connectivity index (χ2n) is 6.90. The van der Waals surface area contributed by atoms with E-state index < -0.39 is 5.82 Å². The van der Waals surface area contributed by atoms with Crippen molar-refractivity contribution in [3.8, 4) is 5.75 Å². The van der Waals surface area contributed by atoms with Gasteiger partial charge in [-0.25, -0.2) is 4.39 Å². The molecule has 0 aromatic heterocycles. The van der Waals surface area contributed by atoms with Gasteiger partial charge >= 0.3 is 0 Å². The molecule has 6 nitrogen and oxygen atoms in total. The fourth-order valence-electron chi connectivity index (χ4n) is 3.37. The van der Waals surface area contributed by atoms with Gasteiger partial charge in [0.15, 0.2) is 0 Å². The molecule has 1 aliphatic rings. The third-order valence-electron chi connectivity index (χ3n) is 5.08. The highest BCUT2D eigenvalue weighted by Gasteiger charge is 2.29. The Morgan fingerprint density at radius 1 is 1.07 bits per heavy atom. The summed E-state index contributed by atoms with van der Waals surface area (Å²) < 4.78 is 19.4. The zero-order chi connectivity index (χ0) is 20.8. The van der Waals surface area contributed by atoms with Crippen LogP contribution in [0.15, 0.2) is 48.5 Å². The summed E-state index contributed by atoms with van der Waals surface area (Å²) in [5, 5.41) is 2.92. The normalized spacial score (nSPS) is 15.6. The highest BCUT2D eigenvalue weighted by atomic mass is 19.1. The molecule has 0 radical (unpaired) electrons. The van der Waals surface area contributed by atoms with Crippen molar-refractivity contribution in [2.45, 2.75) is 19.9 Å². The number of nitrogens with zero attached hydrogens (tertiary/aromatic N) is 2. The second-order valence-corrected chi connectivity index (χ2v) is 6.90. The second kappa shape index (κ2) is 9.52. The summed E-state index contributed by atoms with van der Waals surface area (Å²) in [7, 11) is 0. The number of nitrogens with one attached hydrogen (secondary N) is 1. The highest BCUT2D eigenvalue weighted by Crippen LogP contribution is 2.24. The summed E-state index contributed by atoms with van der Waals surface area (Å²) in [6, 6.07) is 13.0. The fourth-order valence-corrected chi connectivity index (χ4v) is 3.37. The van der Waals surface area contributed by atoms with E-state index in [0.717, 1.165) is 0 Å². The summed E-state index contributed by atoms with van der Waals surface area (Å²) in [6.45, 7) is 6.22. The molecule has 1 heterocycles. The number of hydrogen-bond donors (Lipinski definition) is 1. The molecule has 0 saturated carbocycles. The number of benzene rings is 2. The lowest BCUT2D eigenvalue weighted by atomic mass is 10.1. The van der Waals surface area contributed by atoms with Crippen LogP contribution < -0.4 is 10.1 Å². The van der Waals surface area contributed by atoms with Crippen LogP contribution in [0.3, 0.4) is 0 Å². The van der Waals surface area contributed by atoms with E-state index in [0.29, 0.717) is 44.2 Å². The van der Waals surface area contributed by atoms with Crippen molar-refractivity contribution < 1.29 is 18.7 Å². The standard InChI is InChI=1S/C22H26FN3O3/c1-3-29-20-11-7-6-10-19(20)24-21(27)16(2)25-12-14-26(15-13-25)22(28)17-8-4-5-9-18(17)23/h4-11,16H,3,12-15H2,1-2H3,(H,24,27). The first-order chi connectivity index (χ1) is 14.0. The minimum absolute atomic E-state index is 0.0827. The van der Waals surface area contributed by atoms with Gasteiger partial charge in [-0.05, 0) is 38.1 Å². The Morgan fingerprint density at radius 2 is 1.72 bits per heavy atom. The van der Waals surface area contributed by atoms with Crippen LogP contribution in [0.4, 0.5) is 10.1 Å². The van der Waals surface area contributed by atoms with Crippen molar-refractivity contribution in [1.82, 2.24) is 9.80 Å². The molecule has 154 valence electrons. The van der Waals surface area contributed by atoms with Crippen molar-refractivity contribution in [1.29, 1.82) is 0 Å². The fraction of sp³-hybridized carbons (Fsp3) is 0.364. The van der Waals surface area contributed by atoms with Crippen LogP contribution in [0.5, 0.6) is 5.75 Å². The number of hydrogen-bond acceptors (Lipinski definition) is 4. The van der Waals surface area contributed by atoms with Crippen molar-refractivity contribution in [2.75, 3.05) is 38.1 Å². The first-order valence-electron chi connectivity index (χ1n) is 9.81. The molecule has 7 heteroatoms. The Morgan fingerprint density at radius 3 is 2.41 bits per heavy atom. The number of para-hydroxylation sites is 2. The topological polar surface area (TPSA) is 61.9 Å². The molecule has 0 spiro atoms. The van der Waals surface area contributed by atoms with Crippen LogP contribution in [-0.2, 0) is 4.79 Å². The SMILES string of the molecule is CCOc1ccccc1NC(=O)C(C)N1CCN(C(=O)c2ccccc2F)CC1. The molecule has 2 amide bonds. The predicted molar refractivity (Wildman–Crippen MR) is 110 cm³/mol. The maximum absolute atomic E-state index is 13.9. The zero-order valence-corrected chi connectivity index (χ0v) is 16.7. The third-order valence-corrected chi connectivity index (χ3v) is 5.08. The Hall–Kier alpha value is -2.93. The maximum atomic E-state index is 13.9. The molecule has 1 fully saturated rings. The summed E-state index contributed by atoms with van der Waals surface area (Å²) >= 11 is 0. The van der Waals surface area contributed by atoms with Crippen LogP contribution in [0.1, 0.15) is 24.2 Å². The number of amides is 2. The molecule has 0 bridgehead atoms. The number of carbonyl (C=O) groups is 2. The van der Waals surface area contributed by atoms with Crippen LogP contribution in [0.25, 0.3) is 0 Å². The van der Waals surface area contributed by atoms with Crippen molar-refractivity contribution in [3.63, 3.8) is 0 Å². The monoisotopic (exact) mass is 399 g/mol. The summed E-state index contributed by atoms with van der Waals surface area (Å²) in [5.41, 5.74) is 0.721. The van der Waals surface area contributed by atoms with Gasteiger partial charge in [-0.2, -0.15) is 0 Å². The van der Waals surface area contributed by atoms with Crippen LogP contribution in [0.2, 0.25) is 0 Å². The van der Waals surface area contributed by atoms with E-state index in [2.05, 4.69) is 5.32 Å². The molecule has 2 aromatic carbocycles. The lowest BCUT2D eigenvalue weighted by Gasteiger charge is -2.37. The van der Waals surface area contributed by atoms with Gasteiger partial charge < -0.3 is 15.0 Å². The van der Waals surface area contributed by atoms with E-state index in [9.17, 15) is 14.0 Å². The average molecular weight is 399 g/mol. The first-order valence-corrected chi connectivity index (χ1v) is 9.81. The summed E-state index contributed by atoms with van der Waals surface area (Å²) in [5.74, 6) is -0.326. The van der Waals surface area contributed by atoms with E-state index >= 15 is 0 Å². The van der Waals surface area contributed by atoms with Gasteiger partial charge in [0, 0.05) is 26.2 Å². The molecule has 1 atom stereocenters. The maximum Gasteiger partial charge on any atom is 0.256 e. The minimum atomic E-state index is -0.513. The predicted octanol–water partition coefficient (Wildman–Crippen LogP) is 3.01. The number of rotatable bonds is 6. The molecule has 3 rings (SSSR count). The van der Waals surface area contributed by atoms with Gasteiger partial charge in [0.25, 0.3) is 5.91 Å². The van der Waals surface area contributed by atoms with Gasteiger partial charge in [0.1, 0.15) is 11.6 Å². The smallest absolute Gasteiger partial charge is 0.256 e. The Kier molecular flexibility index (Phi) is 6.82. The van der Waals surface area contributed by atoms with Crippen molar-refractivity contribution in [3.05, 3.63) is 59.9 Å². The van der Waals surface area contributed by atoms with Crippen LogP contribution in [0, 0.1) is 5.82 Å². The first kappa shape index (κ1) is 20.8. The lowest BCUT2D eigenvalue weighted by molar-refractivity contribution is -0.121. The summed E-state index contributed by atoms with van der Waals surface area (Å²) in [6.07, 6.45) is 0.